The molecule has 1 saturated heterocycles. The van der Waals surface area contributed by atoms with E-state index in [-0.39, 0.29) is 30.4 Å². The molecule has 1 aliphatic heterocycles. The normalized spacial score (nSPS) is 18.6. The lowest BCUT2D eigenvalue weighted by atomic mass is 9.94. The summed E-state index contributed by atoms with van der Waals surface area (Å²) in [4.78, 5) is 8.68. The number of aromatic nitrogens is 1. The fourth-order valence-electron chi connectivity index (χ4n) is 2.78. The molecule has 0 radical (unpaired) electrons. The Labute approximate surface area is 174 Å². The minimum Gasteiger partial charge on any atom is -0.443 e. The largest absolute Gasteiger partial charge is 0.443 e. The summed E-state index contributed by atoms with van der Waals surface area (Å²) < 4.78 is 38.3. The summed E-state index contributed by atoms with van der Waals surface area (Å²) in [7, 11) is -3.38. The van der Waals surface area contributed by atoms with Gasteiger partial charge in [-0.05, 0) is 26.2 Å². The highest BCUT2D eigenvalue weighted by Gasteiger charge is 2.19. The van der Waals surface area contributed by atoms with Gasteiger partial charge in [-0.2, -0.15) is 0 Å². The van der Waals surface area contributed by atoms with Crippen molar-refractivity contribution in [3.8, 4) is 0 Å². The molecular formula is C19H35N5O4S. The summed E-state index contributed by atoms with van der Waals surface area (Å²) in [6.07, 6.45) is 4.72. The van der Waals surface area contributed by atoms with Crippen molar-refractivity contribution >= 4 is 16.0 Å². The topological polar surface area (TPSA) is 118 Å². The summed E-state index contributed by atoms with van der Waals surface area (Å²) in [5.74, 6) is 1.81. The van der Waals surface area contributed by atoms with E-state index in [0.717, 1.165) is 25.0 Å². The fraction of sp³-hybridized carbons (Fsp3) is 0.789. The van der Waals surface area contributed by atoms with E-state index in [4.69, 9.17) is 9.15 Å². The van der Waals surface area contributed by atoms with Crippen LogP contribution >= 0.6 is 0 Å². The zero-order valence-electron chi connectivity index (χ0n) is 18.0. The summed E-state index contributed by atoms with van der Waals surface area (Å²) in [5.41, 5.74) is -0.109. The Hall–Kier alpha value is -1.65. The van der Waals surface area contributed by atoms with Gasteiger partial charge in [0.15, 0.2) is 5.96 Å². The predicted molar refractivity (Wildman–Crippen MR) is 113 cm³/mol. The maximum absolute atomic E-state index is 12.2. The number of oxazole rings is 1. The average Bonchev–Trinajstić information content (AvgIpc) is 3.15. The van der Waals surface area contributed by atoms with E-state index in [9.17, 15) is 8.42 Å². The van der Waals surface area contributed by atoms with Crippen molar-refractivity contribution in [2.24, 2.45) is 4.99 Å². The van der Waals surface area contributed by atoms with Gasteiger partial charge in [-0.25, -0.2) is 23.1 Å². The van der Waals surface area contributed by atoms with E-state index in [1.165, 1.54) is 0 Å². The van der Waals surface area contributed by atoms with Gasteiger partial charge in [0.1, 0.15) is 12.3 Å². The standard InChI is InChI=1S/C19H35N5O4S/c1-5-20-18(23-14-17-22-13-16(28-17)19(2,3)4)21-9-11-29(25,26)24-12-15-8-6-7-10-27-15/h13,15,24H,5-12,14H2,1-4H3,(H2,20,21,23). The van der Waals surface area contributed by atoms with Crippen molar-refractivity contribution in [1.29, 1.82) is 0 Å². The smallest absolute Gasteiger partial charge is 0.216 e. The molecule has 2 heterocycles. The third kappa shape index (κ3) is 8.71. The molecular weight excluding hydrogens is 394 g/mol. The van der Waals surface area contributed by atoms with Crippen molar-refractivity contribution < 1.29 is 17.6 Å². The maximum Gasteiger partial charge on any atom is 0.216 e. The minimum atomic E-state index is -3.38. The Balaban J connectivity index is 1.80. The summed E-state index contributed by atoms with van der Waals surface area (Å²) >= 11 is 0. The van der Waals surface area contributed by atoms with Crippen LogP contribution in [0.5, 0.6) is 0 Å². The highest BCUT2D eigenvalue weighted by atomic mass is 32.2. The number of hydrogen-bond donors (Lipinski definition) is 3. The van der Waals surface area contributed by atoms with Crippen LogP contribution in [0.1, 0.15) is 58.6 Å². The first-order valence-corrected chi connectivity index (χ1v) is 11.9. The molecule has 1 fully saturated rings. The zero-order valence-corrected chi connectivity index (χ0v) is 18.8. The van der Waals surface area contributed by atoms with E-state index in [1.807, 2.05) is 6.92 Å². The van der Waals surface area contributed by atoms with Crippen molar-refractivity contribution in [3.63, 3.8) is 0 Å². The van der Waals surface area contributed by atoms with Crippen LogP contribution < -0.4 is 15.4 Å². The molecule has 10 heteroatoms. The Morgan fingerprint density at radius 2 is 2.10 bits per heavy atom. The number of rotatable bonds is 9. The predicted octanol–water partition coefficient (Wildman–Crippen LogP) is 1.52. The molecule has 29 heavy (non-hydrogen) atoms. The Bertz CT molecular complexity index is 749. The Kier molecular flexibility index (Phi) is 8.91. The Morgan fingerprint density at radius 3 is 2.72 bits per heavy atom. The molecule has 3 N–H and O–H groups in total. The molecule has 9 nitrogen and oxygen atoms in total. The molecule has 0 aromatic carbocycles. The third-order valence-corrected chi connectivity index (χ3v) is 5.83. The number of nitrogens with zero attached hydrogens (tertiary/aromatic N) is 2. The van der Waals surface area contributed by atoms with Crippen molar-refractivity contribution in [2.45, 2.75) is 65.0 Å². The quantitative estimate of drug-likeness (QED) is 0.402. The molecule has 166 valence electrons. The number of guanidine groups is 1. The first-order chi connectivity index (χ1) is 13.7. The van der Waals surface area contributed by atoms with Gasteiger partial charge in [-0.15, -0.1) is 0 Å². The lowest BCUT2D eigenvalue weighted by Gasteiger charge is -2.22. The van der Waals surface area contributed by atoms with E-state index in [0.29, 0.717) is 31.5 Å². The van der Waals surface area contributed by atoms with Crippen LogP contribution in [0.2, 0.25) is 0 Å². The van der Waals surface area contributed by atoms with Gasteiger partial charge in [0.2, 0.25) is 15.9 Å². The summed E-state index contributed by atoms with van der Waals surface area (Å²) in [6, 6.07) is 0. The highest BCUT2D eigenvalue weighted by Crippen LogP contribution is 2.22. The SMILES string of the molecule is CCNC(=NCc1ncc(C(C)(C)C)o1)NCCS(=O)(=O)NCC1CCCCO1. The van der Waals surface area contributed by atoms with Gasteiger partial charge in [0, 0.05) is 31.7 Å². The number of aliphatic imine (C=N–C) groups is 1. The lowest BCUT2D eigenvalue weighted by molar-refractivity contribution is 0.0200. The molecule has 1 unspecified atom stereocenters. The van der Waals surface area contributed by atoms with Crippen LogP contribution in [0.4, 0.5) is 0 Å². The maximum atomic E-state index is 12.2. The number of sulfonamides is 1. The van der Waals surface area contributed by atoms with Gasteiger partial charge in [0.25, 0.3) is 0 Å². The second kappa shape index (κ2) is 10.9. The lowest BCUT2D eigenvalue weighted by Crippen LogP contribution is -2.42. The van der Waals surface area contributed by atoms with Crippen LogP contribution in [-0.4, -0.2) is 57.5 Å². The molecule has 0 saturated carbocycles. The van der Waals surface area contributed by atoms with Crippen LogP contribution in [0, 0.1) is 0 Å². The van der Waals surface area contributed by atoms with Gasteiger partial charge >= 0.3 is 0 Å². The number of nitrogens with one attached hydrogen (secondary N) is 3. The van der Waals surface area contributed by atoms with Gasteiger partial charge in [-0.1, -0.05) is 20.8 Å². The fourth-order valence-corrected chi connectivity index (χ4v) is 3.74. The van der Waals surface area contributed by atoms with Gasteiger partial charge in [-0.3, -0.25) is 0 Å². The zero-order chi connectivity index (χ0) is 21.3. The molecule has 1 atom stereocenters. The number of hydrogen-bond acceptors (Lipinski definition) is 6. The highest BCUT2D eigenvalue weighted by molar-refractivity contribution is 7.89. The first-order valence-electron chi connectivity index (χ1n) is 10.3. The second-order valence-electron chi connectivity index (χ2n) is 8.15. The van der Waals surface area contributed by atoms with E-state index >= 15 is 0 Å². The van der Waals surface area contributed by atoms with E-state index < -0.39 is 10.0 Å². The summed E-state index contributed by atoms with van der Waals surface area (Å²) in [5, 5.41) is 6.14. The third-order valence-electron chi connectivity index (χ3n) is 4.48. The molecule has 0 spiro atoms. The first kappa shape index (κ1) is 23.6. The molecule has 0 amide bonds. The van der Waals surface area contributed by atoms with Crippen molar-refractivity contribution in [1.82, 2.24) is 20.3 Å². The van der Waals surface area contributed by atoms with Gasteiger partial charge in [0.05, 0.1) is 18.1 Å². The van der Waals surface area contributed by atoms with Crippen LogP contribution in [-0.2, 0) is 26.7 Å². The molecule has 0 bridgehead atoms. The molecule has 2 rings (SSSR count). The number of ether oxygens (including phenoxy) is 1. The molecule has 1 aromatic rings. The van der Waals surface area contributed by atoms with E-state index in [1.54, 1.807) is 6.20 Å². The summed E-state index contributed by atoms with van der Waals surface area (Å²) in [6.45, 7) is 10.3. The minimum absolute atomic E-state index is 0.0239. The molecule has 1 aliphatic rings. The molecule has 0 aliphatic carbocycles. The van der Waals surface area contributed by atoms with Crippen molar-refractivity contribution in [2.75, 3.05) is 32.0 Å². The van der Waals surface area contributed by atoms with Crippen LogP contribution in [0.3, 0.4) is 0 Å². The second-order valence-corrected chi connectivity index (χ2v) is 10.1. The van der Waals surface area contributed by atoms with Crippen LogP contribution in [0.15, 0.2) is 15.6 Å². The van der Waals surface area contributed by atoms with Crippen LogP contribution in [0.25, 0.3) is 0 Å². The van der Waals surface area contributed by atoms with Gasteiger partial charge < -0.3 is 19.8 Å². The monoisotopic (exact) mass is 429 g/mol. The average molecular weight is 430 g/mol. The van der Waals surface area contributed by atoms with Crippen molar-refractivity contribution in [3.05, 3.63) is 17.8 Å². The molecule has 1 aromatic heterocycles. The Morgan fingerprint density at radius 1 is 1.31 bits per heavy atom. The van der Waals surface area contributed by atoms with E-state index in [2.05, 4.69) is 46.1 Å².